The van der Waals surface area contributed by atoms with Gasteiger partial charge in [0.1, 0.15) is 11.4 Å². The van der Waals surface area contributed by atoms with Gasteiger partial charge < -0.3 is 14.4 Å². The lowest BCUT2D eigenvalue weighted by atomic mass is 10.1. The predicted molar refractivity (Wildman–Crippen MR) is 108 cm³/mol. The maximum Gasteiger partial charge on any atom is 0.410 e. The van der Waals surface area contributed by atoms with Crippen molar-refractivity contribution in [3.63, 3.8) is 0 Å². The lowest BCUT2D eigenvalue weighted by Gasteiger charge is -2.37. The number of piperazine rings is 1. The molecule has 2 heterocycles. The summed E-state index contributed by atoms with van der Waals surface area (Å²) in [6, 6.07) is 4.29. The zero-order chi connectivity index (χ0) is 21.3. The fraction of sp³-hybridized carbons (Fsp3) is 0.550. The van der Waals surface area contributed by atoms with Crippen molar-refractivity contribution in [1.29, 1.82) is 0 Å². The van der Waals surface area contributed by atoms with Gasteiger partial charge in [0.05, 0.1) is 30.3 Å². The monoisotopic (exact) mass is 423 g/mol. The van der Waals surface area contributed by atoms with Crippen LogP contribution in [0.3, 0.4) is 0 Å². The molecule has 29 heavy (non-hydrogen) atoms. The molecule has 3 rings (SSSR count). The molecule has 1 atom stereocenters. The van der Waals surface area contributed by atoms with Gasteiger partial charge in [0.15, 0.2) is 0 Å². The molecular formula is C20H26ClN3O5. The first-order chi connectivity index (χ1) is 13.6. The number of carbonyl (C=O) groups is 3. The van der Waals surface area contributed by atoms with Crippen molar-refractivity contribution in [2.24, 2.45) is 0 Å². The average molecular weight is 424 g/mol. The van der Waals surface area contributed by atoms with Crippen LogP contribution in [0.2, 0.25) is 5.02 Å². The Morgan fingerprint density at radius 2 is 1.79 bits per heavy atom. The topological polar surface area (TPSA) is 79.4 Å². The summed E-state index contributed by atoms with van der Waals surface area (Å²) in [5, 5.41) is 0.333. The molecule has 8 nitrogen and oxygen atoms in total. The van der Waals surface area contributed by atoms with Gasteiger partial charge in [-0.05, 0) is 39.0 Å². The Balaban J connectivity index is 1.65. The lowest BCUT2D eigenvalue weighted by molar-refractivity contribution is -0.123. The Morgan fingerprint density at radius 1 is 1.14 bits per heavy atom. The number of rotatable bonds is 3. The zero-order valence-electron chi connectivity index (χ0n) is 17.1. The third-order valence-electron chi connectivity index (χ3n) is 4.92. The van der Waals surface area contributed by atoms with Crippen LogP contribution in [-0.4, -0.2) is 72.6 Å². The molecule has 158 valence electrons. The van der Waals surface area contributed by atoms with Crippen molar-refractivity contribution in [3.8, 4) is 5.75 Å². The summed E-state index contributed by atoms with van der Waals surface area (Å²) < 4.78 is 10.5. The molecule has 0 radical (unpaired) electrons. The number of carbonyl (C=O) groups excluding carboxylic acids is 3. The fourth-order valence-corrected chi connectivity index (χ4v) is 3.76. The molecule has 1 aromatic carbocycles. The van der Waals surface area contributed by atoms with Gasteiger partial charge in [0.25, 0.3) is 5.91 Å². The number of benzene rings is 1. The summed E-state index contributed by atoms with van der Waals surface area (Å²) in [4.78, 5) is 42.5. The first-order valence-corrected chi connectivity index (χ1v) is 9.91. The minimum atomic E-state index is -0.553. The number of methoxy groups -OCH3 is 1. The van der Waals surface area contributed by atoms with Crippen LogP contribution < -0.4 is 9.64 Å². The van der Waals surface area contributed by atoms with E-state index < -0.39 is 11.6 Å². The van der Waals surface area contributed by atoms with Crippen LogP contribution in [0.15, 0.2) is 18.2 Å². The molecule has 1 aromatic rings. The van der Waals surface area contributed by atoms with E-state index in [1.807, 2.05) is 25.7 Å². The molecule has 0 aliphatic carbocycles. The maximum absolute atomic E-state index is 13.0. The van der Waals surface area contributed by atoms with Crippen molar-refractivity contribution in [2.45, 2.75) is 38.8 Å². The maximum atomic E-state index is 13.0. The van der Waals surface area contributed by atoms with Crippen molar-refractivity contribution < 1.29 is 23.9 Å². The fourth-order valence-electron chi connectivity index (χ4n) is 3.51. The lowest BCUT2D eigenvalue weighted by Crippen LogP contribution is -2.54. The van der Waals surface area contributed by atoms with Crippen LogP contribution in [0.4, 0.5) is 10.5 Å². The summed E-state index contributed by atoms with van der Waals surface area (Å²) >= 11 is 6.15. The quantitative estimate of drug-likeness (QED) is 0.695. The highest BCUT2D eigenvalue weighted by atomic mass is 35.5. The molecule has 2 aliphatic heterocycles. The third-order valence-corrected chi connectivity index (χ3v) is 5.22. The van der Waals surface area contributed by atoms with E-state index in [9.17, 15) is 14.4 Å². The molecule has 0 bridgehead atoms. The molecule has 0 aromatic heterocycles. The highest BCUT2D eigenvalue weighted by Gasteiger charge is 2.44. The SMILES string of the molecule is COc1ccc(N2C(=O)C[C@H](N3CCN(C(=O)OC(C)(C)C)CC3)C2=O)cc1Cl. The Kier molecular flexibility index (Phi) is 6.05. The van der Waals surface area contributed by atoms with Crippen LogP contribution in [0, 0.1) is 0 Å². The number of amides is 3. The van der Waals surface area contributed by atoms with Gasteiger partial charge in [0.2, 0.25) is 5.91 Å². The molecule has 9 heteroatoms. The smallest absolute Gasteiger partial charge is 0.410 e. The van der Waals surface area contributed by atoms with Gasteiger partial charge in [-0.15, -0.1) is 0 Å². The van der Waals surface area contributed by atoms with Crippen molar-refractivity contribution >= 4 is 35.2 Å². The second-order valence-electron chi connectivity index (χ2n) is 8.11. The molecule has 0 unspecified atom stereocenters. The highest BCUT2D eigenvalue weighted by Crippen LogP contribution is 2.32. The van der Waals surface area contributed by atoms with Crippen LogP contribution in [-0.2, 0) is 14.3 Å². The highest BCUT2D eigenvalue weighted by molar-refractivity contribution is 6.33. The standard InChI is InChI=1S/C20H26ClN3O5/c1-20(2,3)29-19(27)23-9-7-22(8-10-23)15-12-17(25)24(18(15)26)13-5-6-16(28-4)14(21)11-13/h5-6,11,15H,7-10,12H2,1-4H3/t15-/m0/s1. The van der Waals surface area contributed by atoms with Crippen LogP contribution >= 0.6 is 11.6 Å². The predicted octanol–water partition coefficient (Wildman–Crippen LogP) is 2.53. The van der Waals surface area contributed by atoms with E-state index in [4.69, 9.17) is 21.1 Å². The van der Waals surface area contributed by atoms with Crippen LogP contribution in [0.25, 0.3) is 0 Å². The zero-order valence-corrected chi connectivity index (χ0v) is 17.9. The summed E-state index contributed by atoms with van der Waals surface area (Å²) in [6.45, 7) is 7.36. The van der Waals surface area contributed by atoms with Crippen LogP contribution in [0.5, 0.6) is 5.75 Å². The molecule has 0 saturated carbocycles. The van der Waals surface area contributed by atoms with Crippen molar-refractivity contribution in [1.82, 2.24) is 9.80 Å². The largest absolute Gasteiger partial charge is 0.495 e. The number of hydrogen-bond donors (Lipinski definition) is 0. The van der Waals surface area contributed by atoms with Crippen LogP contribution in [0.1, 0.15) is 27.2 Å². The number of ether oxygens (including phenoxy) is 2. The summed E-state index contributed by atoms with van der Waals surface area (Å²) in [5.74, 6) is -0.0675. The Bertz CT molecular complexity index is 815. The second kappa shape index (κ2) is 8.20. The number of anilines is 1. The minimum Gasteiger partial charge on any atom is -0.495 e. The van der Waals surface area contributed by atoms with Crippen molar-refractivity contribution in [3.05, 3.63) is 23.2 Å². The number of imide groups is 1. The van der Waals surface area contributed by atoms with Crippen molar-refractivity contribution in [2.75, 3.05) is 38.2 Å². The van der Waals surface area contributed by atoms with E-state index in [-0.39, 0.29) is 24.3 Å². The molecule has 0 N–H and O–H groups in total. The third kappa shape index (κ3) is 4.64. The summed E-state index contributed by atoms with van der Waals surface area (Å²) in [7, 11) is 1.50. The van der Waals surface area contributed by atoms with Gasteiger partial charge >= 0.3 is 6.09 Å². The Morgan fingerprint density at radius 3 is 2.34 bits per heavy atom. The second-order valence-corrected chi connectivity index (χ2v) is 8.52. The van der Waals surface area contributed by atoms with Gasteiger partial charge in [-0.2, -0.15) is 0 Å². The van der Waals surface area contributed by atoms with E-state index in [1.54, 1.807) is 23.1 Å². The first-order valence-electron chi connectivity index (χ1n) is 9.53. The summed E-state index contributed by atoms with van der Waals surface area (Å²) in [6.07, 6.45) is -0.255. The van der Waals surface area contributed by atoms with Gasteiger partial charge in [-0.3, -0.25) is 14.5 Å². The Labute approximate surface area is 175 Å². The minimum absolute atomic E-state index is 0.106. The van der Waals surface area contributed by atoms with E-state index in [0.717, 1.165) is 0 Å². The number of nitrogens with zero attached hydrogens (tertiary/aromatic N) is 3. The van der Waals surface area contributed by atoms with Gasteiger partial charge in [0, 0.05) is 26.2 Å². The average Bonchev–Trinajstić information content (AvgIpc) is 2.94. The van der Waals surface area contributed by atoms with Gasteiger partial charge in [-0.1, -0.05) is 11.6 Å². The molecular weight excluding hydrogens is 398 g/mol. The number of hydrogen-bond acceptors (Lipinski definition) is 6. The molecule has 2 fully saturated rings. The number of halogens is 1. The van der Waals surface area contributed by atoms with E-state index in [2.05, 4.69) is 0 Å². The molecule has 2 saturated heterocycles. The molecule has 3 amide bonds. The van der Waals surface area contributed by atoms with E-state index in [0.29, 0.717) is 42.6 Å². The van der Waals surface area contributed by atoms with E-state index >= 15 is 0 Å². The first kappa shape index (κ1) is 21.4. The Hall–Kier alpha value is -2.32. The molecule has 0 spiro atoms. The molecule has 2 aliphatic rings. The van der Waals surface area contributed by atoms with Gasteiger partial charge in [-0.25, -0.2) is 9.69 Å². The normalized spacial score (nSPS) is 20.9. The van der Waals surface area contributed by atoms with E-state index in [1.165, 1.54) is 12.0 Å². The summed E-state index contributed by atoms with van der Waals surface area (Å²) in [5.41, 5.74) is -0.122.